The van der Waals surface area contributed by atoms with Crippen molar-refractivity contribution in [2.45, 2.75) is 26.7 Å². The van der Waals surface area contributed by atoms with E-state index in [0.29, 0.717) is 17.9 Å². The molecule has 0 aliphatic rings. The molecule has 0 radical (unpaired) electrons. The molecule has 130 valence electrons. The molecule has 0 fully saturated rings. The Kier molecular flexibility index (Phi) is 6.96. The van der Waals surface area contributed by atoms with Crippen molar-refractivity contribution >= 4 is 17.8 Å². The number of carbonyl (C=O) groups excluding carboxylic acids is 2. The molecule has 0 heterocycles. The van der Waals surface area contributed by atoms with Crippen molar-refractivity contribution in [3.8, 4) is 11.5 Å². The molecule has 0 saturated heterocycles. The van der Waals surface area contributed by atoms with E-state index >= 15 is 0 Å². The average Bonchev–Trinajstić information content (AvgIpc) is 2.62. The van der Waals surface area contributed by atoms with Crippen molar-refractivity contribution in [1.29, 1.82) is 0 Å². The molecule has 0 atom stereocenters. The Bertz CT molecular complexity index is 727. The predicted octanol–water partition coefficient (Wildman–Crippen LogP) is 4.69. The Morgan fingerprint density at radius 1 is 0.960 bits per heavy atom. The number of rotatable bonds is 8. The molecule has 2 aromatic rings. The van der Waals surface area contributed by atoms with E-state index in [4.69, 9.17) is 9.47 Å². The Balaban J connectivity index is 1.87. The maximum absolute atomic E-state index is 11.8. The average molecular weight is 338 g/mol. The molecule has 2 aromatic carbocycles. The summed E-state index contributed by atoms with van der Waals surface area (Å²) in [6, 6.07) is 14.0. The molecule has 0 aromatic heterocycles. The van der Waals surface area contributed by atoms with Gasteiger partial charge in [0, 0.05) is 11.6 Å². The first-order valence-corrected chi connectivity index (χ1v) is 8.32. The molecule has 0 amide bonds. The fourth-order valence-corrected chi connectivity index (χ4v) is 2.08. The van der Waals surface area contributed by atoms with Gasteiger partial charge in [-0.1, -0.05) is 25.5 Å². The number of hydrogen-bond acceptors (Lipinski definition) is 4. The van der Waals surface area contributed by atoms with Gasteiger partial charge in [-0.3, -0.25) is 4.79 Å². The highest BCUT2D eigenvalue weighted by atomic mass is 16.5. The zero-order chi connectivity index (χ0) is 18.1. The highest BCUT2D eigenvalue weighted by Gasteiger charge is 2.03. The second kappa shape index (κ2) is 9.42. The van der Waals surface area contributed by atoms with E-state index in [-0.39, 0.29) is 5.78 Å². The maximum atomic E-state index is 11.8. The summed E-state index contributed by atoms with van der Waals surface area (Å²) in [6.07, 6.45) is 5.18. The number of ether oxygens (including phenoxy) is 2. The van der Waals surface area contributed by atoms with Gasteiger partial charge in [0.25, 0.3) is 0 Å². The summed E-state index contributed by atoms with van der Waals surface area (Å²) in [6.45, 7) is 4.32. The van der Waals surface area contributed by atoms with Gasteiger partial charge in [-0.2, -0.15) is 0 Å². The Hall–Kier alpha value is -2.88. The van der Waals surface area contributed by atoms with E-state index in [1.165, 1.54) is 13.0 Å². The van der Waals surface area contributed by atoms with Crippen LogP contribution in [-0.2, 0) is 4.79 Å². The molecule has 2 rings (SSSR count). The van der Waals surface area contributed by atoms with Crippen molar-refractivity contribution < 1.29 is 19.1 Å². The lowest BCUT2D eigenvalue weighted by Gasteiger charge is -2.05. The molecule has 0 aliphatic carbocycles. The molecule has 0 spiro atoms. The van der Waals surface area contributed by atoms with E-state index in [9.17, 15) is 9.59 Å². The largest absolute Gasteiger partial charge is 0.494 e. The first kappa shape index (κ1) is 18.5. The minimum absolute atomic E-state index is 0.0279. The number of esters is 1. The second-order valence-corrected chi connectivity index (χ2v) is 5.61. The van der Waals surface area contributed by atoms with E-state index in [1.807, 2.05) is 24.3 Å². The molecule has 0 bridgehead atoms. The third-order valence-corrected chi connectivity index (χ3v) is 3.54. The van der Waals surface area contributed by atoms with E-state index in [0.717, 1.165) is 24.2 Å². The molecule has 0 aliphatic heterocycles. The predicted molar refractivity (Wildman–Crippen MR) is 98.0 cm³/mol. The molecule has 0 saturated carbocycles. The van der Waals surface area contributed by atoms with Gasteiger partial charge in [0.05, 0.1) is 6.61 Å². The van der Waals surface area contributed by atoms with Crippen molar-refractivity contribution in [3.05, 3.63) is 65.7 Å². The van der Waals surface area contributed by atoms with Crippen LogP contribution in [0.5, 0.6) is 11.5 Å². The van der Waals surface area contributed by atoms with E-state index in [1.54, 1.807) is 30.3 Å². The first-order valence-electron chi connectivity index (χ1n) is 8.32. The Labute approximate surface area is 148 Å². The molecular formula is C21H22O4. The van der Waals surface area contributed by atoms with Crippen molar-refractivity contribution in [2.24, 2.45) is 0 Å². The van der Waals surface area contributed by atoms with Crippen LogP contribution in [-0.4, -0.2) is 18.4 Å². The molecule has 25 heavy (non-hydrogen) atoms. The summed E-state index contributed by atoms with van der Waals surface area (Å²) in [5, 5.41) is 0. The Morgan fingerprint density at radius 2 is 1.60 bits per heavy atom. The van der Waals surface area contributed by atoms with Crippen LogP contribution in [0.4, 0.5) is 0 Å². The van der Waals surface area contributed by atoms with Crippen molar-refractivity contribution in [1.82, 2.24) is 0 Å². The van der Waals surface area contributed by atoms with Crippen LogP contribution in [0.15, 0.2) is 54.6 Å². The van der Waals surface area contributed by atoms with E-state index < -0.39 is 5.97 Å². The van der Waals surface area contributed by atoms with Gasteiger partial charge in [0.15, 0.2) is 5.78 Å². The lowest BCUT2D eigenvalue weighted by atomic mass is 10.1. The quantitative estimate of drug-likeness (QED) is 0.230. The fourth-order valence-electron chi connectivity index (χ4n) is 2.08. The number of unbranched alkanes of at least 4 members (excludes halogenated alkanes) is 1. The summed E-state index contributed by atoms with van der Waals surface area (Å²) in [4.78, 5) is 23.1. The summed E-state index contributed by atoms with van der Waals surface area (Å²) in [7, 11) is 0. The molecular weight excluding hydrogens is 316 g/mol. The lowest BCUT2D eigenvalue weighted by molar-refractivity contribution is -0.128. The normalized spacial score (nSPS) is 10.6. The Morgan fingerprint density at radius 3 is 2.20 bits per heavy atom. The summed E-state index contributed by atoms with van der Waals surface area (Å²) >= 11 is 0. The third kappa shape index (κ3) is 6.26. The summed E-state index contributed by atoms with van der Waals surface area (Å²) in [5.41, 5.74) is 1.46. The minimum atomic E-state index is -0.473. The SMILES string of the molecule is CCCCOc1ccc(/C=C/C(=O)Oc2ccc(C(C)=O)cc2)cc1. The molecule has 4 heteroatoms. The second-order valence-electron chi connectivity index (χ2n) is 5.61. The van der Waals surface area contributed by atoms with Gasteiger partial charge in [-0.15, -0.1) is 0 Å². The first-order chi connectivity index (χ1) is 12.1. The zero-order valence-electron chi connectivity index (χ0n) is 14.5. The van der Waals surface area contributed by atoms with Gasteiger partial charge in [0.1, 0.15) is 11.5 Å². The fraction of sp³-hybridized carbons (Fsp3) is 0.238. The number of carbonyl (C=O) groups is 2. The van der Waals surface area contributed by atoms with Gasteiger partial charge >= 0.3 is 5.97 Å². The van der Waals surface area contributed by atoms with Crippen LogP contribution >= 0.6 is 0 Å². The number of Topliss-reactive ketones (excluding diaryl/α,β-unsaturated/α-hetero) is 1. The third-order valence-electron chi connectivity index (χ3n) is 3.54. The topological polar surface area (TPSA) is 52.6 Å². The molecule has 0 N–H and O–H groups in total. The van der Waals surface area contributed by atoms with Gasteiger partial charge in [0.2, 0.25) is 0 Å². The highest BCUT2D eigenvalue weighted by molar-refractivity contribution is 5.94. The standard InChI is InChI=1S/C21H22O4/c1-3-4-15-24-19-10-5-17(6-11-19)7-14-21(23)25-20-12-8-18(9-13-20)16(2)22/h5-14H,3-4,15H2,1-2H3/b14-7+. The maximum Gasteiger partial charge on any atom is 0.336 e. The lowest BCUT2D eigenvalue weighted by Crippen LogP contribution is -2.04. The van der Waals surface area contributed by atoms with Crippen LogP contribution in [0.2, 0.25) is 0 Å². The molecule has 4 nitrogen and oxygen atoms in total. The number of hydrogen-bond donors (Lipinski definition) is 0. The smallest absolute Gasteiger partial charge is 0.336 e. The number of benzene rings is 2. The van der Waals surface area contributed by atoms with Crippen LogP contribution < -0.4 is 9.47 Å². The van der Waals surface area contributed by atoms with Crippen molar-refractivity contribution in [2.75, 3.05) is 6.61 Å². The zero-order valence-corrected chi connectivity index (χ0v) is 14.5. The highest BCUT2D eigenvalue weighted by Crippen LogP contribution is 2.15. The van der Waals surface area contributed by atoms with Crippen LogP contribution in [0.1, 0.15) is 42.6 Å². The van der Waals surface area contributed by atoms with Crippen LogP contribution in [0.25, 0.3) is 6.08 Å². The summed E-state index contributed by atoms with van der Waals surface area (Å²) in [5.74, 6) is 0.719. The summed E-state index contributed by atoms with van der Waals surface area (Å²) < 4.78 is 10.8. The minimum Gasteiger partial charge on any atom is -0.494 e. The van der Waals surface area contributed by atoms with Gasteiger partial charge in [-0.25, -0.2) is 4.79 Å². The molecule has 0 unspecified atom stereocenters. The van der Waals surface area contributed by atoms with Crippen LogP contribution in [0.3, 0.4) is 0 Å². The van der Waals surface area contributed by atoms with E-state index in [2.05, 4.69) is 6.92 Å². The number of ketones is 1. The van der Waals surface area contributed by atoms with Gasteiger partial charge < -0.3 is 9.47 Å². The monoisotopic (exact) mass is 338 g/mol. The van der Waals surface area contributed by atoms with Crippen LogP contribution in [0, 0.1) is 0 Å². The van der Waals surface area contributed by atoms with Gasteiger partial charge in [-0.05, 0) is 61.4 Å². The van der Waals surface area contributed by atoms with Crippen molar-refractivity contribution in [3.63, 3.8) is 0 Å².